The van der Waals surface area contributed by atoms with Gasteiger partial charge in [0, 0.05) is 24.8 Å². The standard InChI is InChI=1S/2C10H18O4.2Na/c2*11-9(12)7-5-3-1-2-4-6-8-10(13)14;;/h2*1-8H2,(H,11,12)(H,13,14);;/q;;2*+1/p-2. The van der Waals surface area contributed by atoms with E-state index >= 15 is 0 Å². The first-order chi connectivity index (χ1) is 13.3. The van der Waals surface area contributed by atoms with Gasteiger partial charge in [-0.1, -0.05) is 51.4 Å². The fourth-order valence-electron chi connectivity index (χ4n) is 2.51. The van der Waals surface area contributed by atoms with Crippen molar-refractivity contribution in [1.29, 1.82) is 0 Å². The van der Waals surface area contributed by atoms with Gasteiger partial charge in [-0.15, -0.1) is 0 Å². The second-order valence-electron chi connectivity index (χ2n) is 6.77. The minimum absolute atomic E-state index is 0. The topological polar surface area (TPSA) is 155 Å². The van der Waals surface area contributed by atoms with E-state index in [0.717, 1.165) is 64.2 Å². The number of hydrogen-bond donors (Lipinski definition) is 2. The van der Waals surface area contributed by atoms with Crippen LogP contribution in [0.1, 0.15) is 103 Å². The monoisotopic (exact) mass is 448 g/mol. The summed E-state index contributed by atoms with van der Waals surface area (Å²) in [7, 11) is 0. The van der Waals surface area contributed by atoms with Gasteiger partial charge in [-0.3, -0.25) is 9.59 Å². The van der Waals surface area contributed by atoms with Crippen molar-refractivity contribution < 1.29 is 98.7 Å². The molecule has 0 saturated carbocycles. The molecule has 0 aromatic carbocycles. The van der Waals surface area contributed by atoms with Gasteiger partial charge in [0.15, 0.2) is 0 Å². The Labute approximate surface area is 223 Å². The fourth-order valence-corrected chi connectivity index (χ4v) is 2.51. The molecule has 0 aromatic heterocycles. The van der Waals surface area contributed by atoms with Gasteiger partial charge in [-0.2, -0.15) is 0 Å². The van der Waals surface area contributed by atoms with Crippen LogP contribution in [0.2, 0.25) is 0 Å². The first-order valence-electron chi connectivity index (χ1n) is 10.1. The summed E-state index contributed by atoms with van der Waals surface area (Å²) in [5.74, 6) is -3.48. The summed E-state index contributed by atoms with van der Waals surface area (Å²) in [4.78, 5) is 40.3. The molecule has 0 atom stereocenters. The van der Waals surface area contributed by atoms with Crippen molar-refractivity contribution in [3.63, 3.8) is 0 Å². The van der Waals surface area contributed by atoms with Crippen LogP contribution in [0, 0.1) is 0 Å². The SMILES string of the molecule is O=C(O)CCCCCCCCC(=O)O.O=C([O-])CCCCCCCCC(=O)[O-].[Na+].[Na+]. The minimum Gasteiger partial charge on any atom is -0.550 e. The molecule has 0 aliphatic heterocycles. The summed E-state index contributed by atoms with van der Waals surface area (Å²) in [6.07, 6.45) is 11.0. The van der Waals surface area contributed by atoms with Crippen LogP contribution in [0.5, 0.6) is 0 Å². The molecule has 0 spiro atoms. The number of aliphatic carboxylic acids is 4. The second kappa shape index (κ2) is 28.9. The summed E-state index contributed by atoms with van der Waals surface area (Å²) in [6.45, 7) is 0. The summed E-state index contributed by atoms with van der Waals surface area (Å²) in [5.41, 5.74) is 0. The van der Waals surface area contributed by atoms with Crippen LogP contribution in [0.4, 0.5) is 0 Å². The van der Waals surface area contributed by atoms with Crippen molar-refractivity contribution in [2.24, 2.45) is 0 Å². The van der Waals surface area contributed by atoms with Crippen molar-refractivity contribution in [3.05, 3.63) is 0 Å². The molecule has 0 saturated heterocycles. The molecular weight excluding hydrogens is 414 g/mol. The number of unbranched alkanes of at least 4 members (excludes halogenated alkanes) is 10. The Kier molecular flexibility index (Phi) is 35.8. The molecule has 8 nitrogen and oxygen atoms in total. The zero-order valence-corrected chi connectivity index (χ0v) is 22.7. The third-order valence-electron chi connectivity index (χ3n) is 4.04. The van der Waals surface area contributed by atoms with Gasteiger partial charge >= 0.3 is 71.1 Å². The average molecular weight is 448 g/mol. The fraction of sp³-hybridized carbons (Fsp3) is 0.800. The van der Waals surface area contributed by atoms with Crippen molar-refractivity contribution in [3.8, 4) is 0 Å². The van der Waals surface area contributed by atoms with Crippen LogP contribution in [0.3, 0.4) is 0 Å². The molecule has 0 unspecified atom stereocenters. The molecule has 0 amide bonds. The molecule has 0 bridgehead atoms. The maximum Gasteiger partial charge on any atom is 1.00 e. The quantitative estimate of drug-likeness (QED) is 0.158. The zero-order valence-electron chi connectivity index (χ0n) is 18.7. The van der Waals surface area contributed by atoms with Crippen molar-refractivity contribution >= 4 is 23.9 Å². The van der Waals surface area contributed by atoms with E-state index in [-0.39, 0.29) is 84.8 Å². The number of rotatable bonds is 18. The minimum atomic E-state index is -0.998. The third kappa shape index (κ3) is 42.1. The summed E-state index contributed by atoms with van der Waals surface area (Å²) < 4.78 is 0. The second-order valence-corrected chi connectivity index (χ2v) is 6.77. The Morgan fingerprint density at radius 3 is 0.833 bits per heavy atom. The Hall–Kier alpha value is -0.120. The van der Waals surface area contributed by atoms with Crippen LogP contribution >= 0.6 is 0 Å². The number of hydrogen-bond acceptors (Lipinski definition) is 6. The predicted octanol–water partition coefficient (Wildman–Crippen LogP) is -4.11. The summed E-state index contributed by atoms with van der Waals surface area (Å²) in [5, 5.41) is 36.8. The van der Waals surface area contributed by atoms with Crippen molar-refractivity contribution in [1.82, 2.24) is 0 Å². The van der Waals surface area contributed by atoms with Gasteiger partial charge in [-0.25, -0.2) is 0 Å². The molecule has 10 heteroatoms. The van der Waals surface area contributed by atoms with E-state index in [1.165, 1.54) is 0 Å². The van der Waals surface area contributed by atoms with E-state index in [2.05, 4.69) is 0 Å². The Bertz CT molecular complexity index is 365. The molecule has 0 heterocycles. The Morgan fingerprint density at radius 1 is 0.433 bits per heavy atom. The number of carbonyl (C=O) groups excluding carboxylic acids is 2. The van der Waals surface area contributed by atoms with Gasteiger partial charge in [0.1, 0.15) is 0 Å². The van der Waals surface area contributed by atoms with Gasteiger partial charge in [0.2, 0.25) is 0 Å². The molecule has 0 radical (unpaired) electrons. The number of carboxylic acids is 4. The number of carbonyl (C=O) groups is 4. The molecule has 0 fully saturated rings. The van der Waals surface area contributed by atoms with Gasteiger partial charge in [0.25, 0.3) is 0 Å². The van der Waals surface area contributed by atoms with Crippen LogP contribution in [0.25, 0.3) is 0 Å². The molecule has 164 valence electrons. The van der Waals surface area contributed by atoms with E-state index in [1.807, 2.05) is 0 Å². The normalized spacial score (nSPS) is 9.33. The third-order valence-corrected chi connectivity index (χ3v) is 4.04. The molecule has 0 rings (SSSR count). The Morgan fingerprint density at radius 2 is 0.633 bits per heavy atom. The first kappa shape index (κ1) is 37.2. The molecule has 2 N–H and O–H groups in total. The van der Waals surface area contributed by atoms with E-state index in [9.17, 15) is 29.4 Å². The smallest absolute Gasteiger partial charge is 0.550 e. The van der Waals surface area contributed by atoms with Gasteiger partial charge in [0.05, 0.1) is 0 Å². The molecule has 0 aromatic rings. The average Bonchev–Trinajstić information content (AvgIpc) is 2.59. The molecular formula is C20H34Na2O8. The van der Waals surface area contributed by atoms with Crippen molar-refractivity contribution in [2.75, 3.05) is 0 Å². The maximum absolute atomic E-state index is 10.1. The van der Waals surface area contributed by atoms with Crippen LogP contribution in [-0.4, -0.2) is 34.1 Å². The van der Waals surface area contributed by atoms with Crippen molar-refractivity contribution in [2.45, 2.75) is 103 Å². The van der Waals surface area contributed by atoms with Crippen LogP contribution in [-0.2, 0) is 19.2 Å². The maximum atomic E-state index is 10.1. The zero-order chi connectivity index (χ0) is 21.6. The Balaban J connectivity index is -0.000000211. The first-order valence-corrected chi connectivity index (χ1v) is 10.1. The van der Waals surface area contributed by atoms with Crippen LogP contribution in [0.15, 0.2) is 0 Å². The van der Waals surface area contributed by atoms with Gasteiger partial charge < -0.3 is 30.0 Å². The molecule has 0 aliphatic rings. The van der Waals surface area contributed by atoms with E-state index in [1.54, 1.807) is 0 Å². The van der Waals surface area contributed by atoms with Crippen LogP contribution < -0.4 is 69.3 Å². The van der Waals surface area contributed by atoms with Gasteiger partial charge in [-0.05, 0) is 38.5 Å². The largest absolute Gasteiger partial charge is 1.00 e. The molecule has 0 aliphatic carbocycles. The van der Waals surface area contributed by atoms with E-state index in [4.69, 9.17) is 10.2 Å². The number of carboxylic acid groups (broad SMARTS) is 4. The predicted molar refractivity (Wildman–Crippen MR) is 99.2 cm³/mol. The molecule has 30 heavy (non-hydrogen) atoms. The van der Waals surface area contributed by atoms with E-state index in [0.29, 0.717) is 12.8 Å². The summed E-state index contributed by atoms with van der Waals surface area (Å²) in [6, 6.07) is 0. The van der Waals surface area contributed by atoms with E-state index < -0.39 is 23.9 Å². The summed E-state index contributed by atoms with van der Waals surface area (Å²) >= 11 is 0.